The Labute approximate surface area is 220 Å². The number of hydrogen-bond donors (Lipinski definition) is 0. The van der Waals surface area contributed by atoms with Crippen LogP contribution < -0.4 is 0 Å². The van der Waals surface area contributed by atoms with Gasteiger partial charge in [-0.1, -0.05) is 49.4 Å². The summed E-state index contributed by atoms with van der Waals surface area (Å²) in [7, 11) is 0. The van der Waals surface area contributed by atoms with Crippen molar-refractivity contribution in [3.05, 3.63) is 113 Å². The lowest BCUT2D eigenvalue weighted by atomic mass is 10.1. The molecule has 1 aliphatic rings. The molecule has 38 heavy (non-hydrogen) atoms. The molecule has 1 saturated heterocycles. The molecule has 5 rings (SSSR count). The Morgan fingerprint density at radius 1 is 0.789 bits per heavy atom. The largest absolute Gasteiger partial charge is 0.335 e. The highest BCUT2D eigenvalue weighted by molar-refractivity contribution is 5.98. The zero-order chi connectivity index (χ0) is 26.8. The van der Waals surface area contributed by atoms with Gasteiger partial charge in [-0.25, -0.2) is 8.78 Å². The second-order valence-electron chi connectivity index (χ2n) is 9.46. The Morgan fingerprint density at radius 2 is 1.42 bits per heavy atom. The Morgan fingerprint density at radius 3 is 2.03 bits per heavy atom. The fraction of sp³-hybridized carbons (Fsp3) is 0.226. The van der Waals surface area contributed by atoms with Gasteiger partial charge in [-0.3, -0.25) is 9.59 Å². The second-order valence-corrected chi connectivity index (χ2v) is 9.46. The van der Waals surface area contributed by atoms with Crippen LogP contribution in [0.15, 0.2) is 78.9 Å². The number of aryl methyl sites for hydroxylation is 1. The number of rotatable bonds is 5. The monoisotopic (exact) mass is 513 g/mol. The number of hydrogen-bond acceptors (Lipinski definition) is 2. The van der Waals surface area contributed by atoms with Crippen LogP contribution in [0.25, 0.3) is 16.9 Å². The summed E-state index contributed by atoms with van der Waals surface area (Å²) >= 11 is 0. The van der Waals surface area contributed by atoms with E-state index in [1.807, 2.05) is 54.6 Å². The van der Waals surface area contributed by atoms with E-state index in [2.05, 4.69) is 6.92 Å². The molecular formula is C31H29F2N3O2. The highest BCUT2D eigenvalue weighted by Gasteiger charge is 2.29. The van der Waals surface area contributed by atoms with Crippen molar-refractivity contribution in [3.8, 4) is 16.9 Å². The van der Waals surface area contributed by atoms with Gasteiger partial charge in [0.25, 0.3) is 11.8 Å². The molecule has 194 valence electrons. The zero-order valence-corrected chi connectivity index (χ0v) is 21.5. The van der Waals surface area contributed by atoms with Crippen LogP contribution in [-0.4, -0.2) is 52.4 Å². The van der Waals surface area contributed by atoms with Crippen LogP contribution in [0.5, 0.6) is 0 Å². The maximum absolute atomic E-state index is 14.9. The molecular weight excluding hydrogens is 484 g/mol. The molecule has 1 aromatic heterocycles. The highest BCUT2D eigenvalue weighted by Crippen LogP contribution is 2.31. The normalized spacial score (nSPS) is 13.6. The van der Waals surface area contributed by atoms with Crippen LogP contribution in [0.1, 0.15) is 38.9 Å². The van der Waals surface area contributed by atoms with E-state index >= 15 is 0 Å². The standard InChI is InChI=1S/C31H29F2N3O2/c1-3-22-9-11-24(12-10-22)30(37)34-15-17-35(18-16-34)31(38)26-20-29(23-7-5-4-6-8-23)36(21(26)2)28-14-13-25(32)19-27(28)33/h4-14,19-20H,3,15-18H2,1-2H3. The summed E-state index contributed by atoms with van der Waals surface area (Å²) < 4.78 is 30.2. The predicted molar refractivity (Wildman–Crippen MR) is 143 cm³/mol. The molecule has 2 heterocycles. The first-order valence-electron chi connectivity index (χ1n) is 12.8. The van der Waals surface area contributed by atoms with E-state index < -0.39 is 11.6 Å². The Kier molecular flexibility index (Phi) is 7.09. The summed E-state index contributed by atoms with van der Waals surface area (Å²) in [4.78, 5) is 30.1. The molecule has 0 N–H and O–H groups in total. The molecule has 3 aromatic carbocycles. The average Bonchev–Trinajstić information content (AvgIpc) is 3.29. The van der Waals surface area contributed by atoms with Crippen molar-refractivity contribution >= 4 is 11.8 Å². The molecule has 2 amide bonds. The third kappa shape index (κ3) is 4.84. The SMILES string of the molecule is CCc1ccc(C(=O)N2CCN(C(=O)c3cc(-c4ccccc4)n(-c4ccc(F)cc4F)c3C)CC2)cc1. The van der Waals surface area contributed by atoms with Gasteiger partial charge in [0.15, 0.2) is 0 Å². The van der Waals surface area contributed by atoms with Crippen LogP contribution in [0.4, 0.5) is 8.78 Å². The van der Waals surface area contributed by atoms with Crippen molar-refractivity contribution in [2.45, 2.75) is 20.3 Å². The first kappa shape index (κ1) is 25.4. The topological polar surface area (TPSA) is 45.6 Å². The van der Waals surface area contributed by atoms with Gasteiger partial charge in [0.05, 0.1) is 16.9 Å². The number of aromatic nitrogens is 1. The predicted octanol–water partition coefficient (Wildman–Crippen LogP) is 5.89. The smallest absolute Gasteiger partial charge is 0.255 e. The molecule has 0 aliphatic carbocycles. The van der Waals surface area contributed by atoms with E-state index in [0.29, 0.717) is 48.7 Å². The maximum atomic E-state index is 14.9. The van der Waals surface area contributed by atoms with Gasteiger partial charge in [-0.05, 0) is 54.8 Å². The van der Waals surface area contributed by atoms with E-state index in [0.717, 1.165) is 18.1 Å². The first-order chi connectivity index (χ1) is 18.4. The van der Waals surface area contributed by atoms with Gasteiger partial charge in [0.2, 0.25) is 0 Å². The van der Waals surface area contributed by atoms with Crippen molar-refractivity contribution < 1.29 is 18.4 Å². The molecule has 0 unspecified atom stereocenters. The third-order valence-corrected chi connectivity index (χ3v) is 7.16. The summed E-state index contributed by atoms with van der Waals surface area (Å²) in [5.74, 6) is -1.60. The number of piperazine rings is 1. The molecule has 1 aliphatic heterocycles. The van der Waals surface area contributed by atoms with Crippen molar-refractivity contribution in [2.24, 2.45) is 0 Å². The van der Waals surface area contributed by atoms with E-state index in [-0.39, 0.29) is 17.5 Å². The minimum Gasteiger partial charge on any atom is -0.335 e. The average molecular weight is 514 g/mol. The van der Waals surface area contributed by atoms with Crippen LogP contribution in [0, 0.1) is 18.6 Å². The van der Waals surface area contributed by atoms with Gasteiger partial charge in [-0.2, -0.15) is 0 Å². The Bertz CT molecular complexity index is 1470. The van der Waals surface area contributed by atoms with Crippen molar-refractivity contribution in [2.75, 3.05) is 26.2 Å². The minimum absolute atomic E-state index is 0.0414. The van der Waals surface area contributed by atoms with Crippen molar-refractivity contribution in [1.29, 1.82) is 0 Å². The lowest BCUT2D eigenvalue weighted by Gasteiger charge is -2.35. The number of nitrogens with zero attached hydrogens (tertiary/aromatic N) is 3. The number of carbonyl (C=O) groups excluding carboxylic acids is 2. The summed E-state index contributed by atoms with van der Waals surface area (Å²) in [6, 6.07) is 22.2. The van der Waals surface area contributed by atoms with E-state index in [9.17, 15) is 18.4 Å². The van der Waals surface area contributed by atoms with Gasteiger partial charge < -0.3 is 14.4 Å². The third-order valence-electron chi connectivity index (χ3n) is 7.16. The highest BCUT2D eigenvalue weighted by atomic mass is 19.1. The molecule has 5 nitrogen and oxygen atoms in total. The summed E-state index contributed by atoms with van der Waals surface area (Å²) in [5, 5.41) is 0. The van der Waals surface area contributed by atoms with Crippen LogP contribution in [0.2, 0.25) is 0 Å². The van der Waals surface area contributed by atoms with Crippen molar-refractivity contribution in [1.82, 2.24) is 14.4 Å². The lowest BCUT2D eigenvalue weighted by molar-refractivity contribution is 0.0535. The molecule has 0 bridgehead atoms. The minimum atomic E-state index is -0.709. The number of halogens is 2. The van der Waals surface area contributed by atoms with Gasteiger partial charge in [-0.15, -0.1) is 0 Å². The van der Waals surface area contributed by atoms with E-state index in [1.165, 1.54) is 17.7 Å². The second kappa shape index (κ2) is 10.6. The first-order valence-corrected chi connectivity index (χ1v) is 12.8. The van der Waals surface area contributed by atoms with Crippen LogP contribution in [-0.2, 0) is 6.42 Å². The molecule has 0 saturated carbocycles. The summed E-state index contributed by atoms with van der Waals surface area (Å²) in [5.41, 5.74) is 4.45. The number of carbonyl (C=O) groups is 2. The number of benzene rings is 3. The zero-order valence-electron chi connectivity index (χ0n) is 21.5. The fourth-order valence-corrected chi connectivity index (χ4v) is 4.97. The van der Waals surface area contributed by atoms with Gasteiger partial charge >= 0.3 is 0 Å². The lowest BCUT2D eigenvalue weighted by Crippen LogP contribution is -2.50. The molecule has 0 radical (unpaired) electrons. The summed E-state index contributed by atoms with van der Waals surface area (Å²) in [6.45, 7) is 5.49. The van der Waals surface area contributed by atoms with E-state index in [1.54, 1.807) is 27.4 Å². The van der Waals surface area contributed by atoms with Crippen LogP contribution >= 0.6 is 0 Å². The summed E-state index contributed by atoms with van der Waals surface area (Å²) in [6.07, 6.45) is 0.913. The van der Waals surface area contributed by atoms with Gasteiger partial charge in [0, 0.05) is 43.5 Å². The fourth-order valence-electron chi connectivity index (χ4n) is 4.97. The molecule has 7 heteroatoms. The molecule has 0 atom stereocenters. The molecule has 0 spiro atoms. The van der Waals surface area contributed by atoms with Gasteiger partial charge in [0.1, 0.15) is 11.6 Å². The van der Waals surface area contributed by atoms with Crippen molar-refractivity contribution in [3.63, 3.8) is 0 Å². The molecule has 1 fully saturated rings. The Balaban J connectivity index is 1.40. The van der Waals surface area contributed by atoms with E-state index in [4.69, 9.17) is 0 Å². The van der Waals surface area contributed by atoms with Crippen LogP contribution in [0.3, 0.4) is 0 Å². The Hall–Kier alpha value is -4.26. The maximum Gasteiger partial charge on any atom is 0.255 e. The number of amides is 2. The molecule has 4 aromatic rings. The quantitative estimate of drug-likeness (QED) is 0.334.